The molecule has 0 aliphatic carbocycles. The molecule has 0 bridgehead atoms. The Morgan fingerprint density at radius 3 is 2.34 bits per heavy atom. The van der Waals surface area contributed by atoms with E-state index in [1.807, 2.05) is 18.2 Å². The van der Waals surface area contributed by atoms with E-state index >= 15 is 0 Å². The number of rotatable bonds is 7. The first kappa shape index (κ1) is 23.5. The Morgan fingerprint density at radius 2 is 1.59 bits per heavy atom. The minimum absolute atomic E-state index is 0.0205. The lowest BCUT2D eigenvalue weighted by atomic mass is 9.96. The van der Waals surface area contributed by atoms with Crippen molar-refractivity contribution < 1.29 is 9.53 Å². The molecule has 0 saturated carbocycles. The van der Waals surface area contributed by atoms with Gasteiger partial charge < -0.3 is 10.1 Å². The molecule has 5 nitrogen and oxygen atoms in total. The van der Waals surface area contributed by atoms with E-state index in [-0.39, 0.29) is 11.8 Å². The molecule has 4 rings (SSSR count). The van der Waals surface area contributed by atoms with Gasteiger partial charge >= 0.3 is 0 Å². The number of hydrogen-bond donors (Lipinski definition) is 1. The smallest absolute Gasteiger partial charge is 0.224 e. The molecule has 7 heteroatoms. The Kier molecular flexibility index (Phi) is 8.44. The third kappa shape index (κ3) is 6.69. The van der Waals surface area contributed by atoms with Crippen molar-refractivity contribution >= 4 is 29.1 Å². The van der Waals surface area contributed by atoms with Gasteiger partial charge in [-0.05, 0) is 48.2 Å². The van der Waals surface area contributed by atoms with E-state index < -0.39 is 0 Å². The molecular weight excluding hydrogens is 445 g/mol. The van der Waals surface area contributed by atoms with Crippen LogP contribution in [0.3, 0.4) is 0 Å². The number of nitrogens with zero attached hydrogens (tertiary/aromatic N) is 2. The van der Waals surface area contributed by atoms with Gasteiger partial charge in [-0.3, -0.25) is 14.6 Å². The Hall–Kier alpha value is -1.63. The summed E-state index contributed by atoms with van der Waals surface area (Å²) in [5, 5.41) is 4.28. The van der Waals surface area contributed by atoms with E-state index in [1.165, 1.54) is 5.56 Å². The zero-order valence-corrected chi connectivity index (χ0v) is 19.9. The minimum atomic E-state index is 0.0205. The number of amides is 1. The van der Waals surface area contributed by atoms with Crippen LogP contribution in [-0.2, 0) is 29.2 Å². The molecule has 2 aromatic rings. The quantitative estimate of drug-likeness (QED) is 0.646. The van der Waals surface area contributed by atoms with Crippen LogP contribution in [0, 0.1) is 5.92 Å². The highest BCUT2D eigenvalue weighted by molar-refractivity contribution is 6.42. The molecule has 0 aromatic heterocycles. The van der Waals surface area contributed by atoms with Crippen LogP contribution in [-0.4, -0.2) is 55.1 Å². The van der Waals surface area contributed by atoms with E-state index in [1.54, 1.807) is 0 Å². The molecule has 2 aliphatic heterocycles. The monoisotopic (exact) mass is 475 g/mol. The number of carbonyl (C=O) groups is 1. The molecular formula is C25H31Cl2N3O2. The molecule has 0 spiro atoms. The van der Waals surface area contributed by atoms with Crippen molar-refractivity contribution in [3.63, 3.8) is 0 Å². The number of morpholine rings is 1. The summed E-state index contributed by atoms with van der Waals surface area (Å²) < 4.78 is 5.41. The molecule has 1 unspecified atom stereocenters. The van der Waals surface area contributed by atoms with Crippen molar-refractivity contribution in [1.82, 2.24) is 15.1 Å². The second-order valence-electron chi connectivity index (χ2n) is 8.75. The van der Waals surface area contributed by atoms with E-state index in [0.717, 1.165) is 76.5 Å². The molecule has 2 fully saturated rings. The highest BCUT2D eigenvalue weighted by atomic mass is 35.5. The van der Waals surface area contributed by atoms with Crippen LogP contribution in [0.5, 0.6) is 0 Å². The van der Waals surface area contributed by atoms with Crippen molar-refractivity contribution in [3.05, 3.63) is 69.2 Å². The van der Waals surface area contributed by atoms with Gasteiger partial charge in [0.05, 0.1) is 29.2 Å². The first-order valence-electron chi connectivity index (χ1n) is 11.4. The predicted octanol–water partition coefficient (Wildman–Crippen LogP) is 4.35. The molecule has 2 aromatic carbocycles. The average molecular weight is 476 g/mol. The van der Waals surface area contributed by atoms with Crippen LogP contribution in [0.25, 0.3) is 0 Å². The summed E-state index contributed by atoms with van der Waals surface area (Å²) in [5.41, 5.74) is 3.55. The number of ether oxygens (including phenoxy) is 1. The van der Waals surface area contributed by atoms with Crippen molar-refractivity contribution in [2.45, 2.75) is 32.5 Å². The zero-order chi connectivity index (χ0) is 22.3. The maximum Gasteiger partial charge on any atom is 0.224 e. The third-order valence-electron chi connectivity index (χ3n) is 6.27. The highest BCUT2D eigenvalue weighted by Crippen LogP contribution is 2.25. The fourth-order valence-electron chi connectivity index (χ4n) is 4.42. The Morgan fingerprint density at radius 1 is 0.906 bits per heavy atom. The van der Waals surface area contributed by atoms with Gasteiger partial charge in [-0.1, -0.05) is 53.5 Å². The van der Waals surface area contributed by atoms with Crippen molar-refractivity contribution in [1.29, 1.82) is 0 Å². The zero-order valence-electron chi connectivity index (χ0n) is 18.4. The van der Waals surface area contributed by atoms with E-state index in [4.69, 9.17) is 27.9 Å². The summed E-state index contributed by atoms with van der Waals surface area (Å²) in [4.78, 5) is 17.5. The van der Waals surface area contributed by atoms with Gasteiger partial charge in [-0.2, -0.15) is 0 Å². The number of carbonyl (C=O) groups excluding carboxylic acids is 1. The van der Waals surface area contributed by atoms with Gasteiger partial charge in [0.15, 0.2) is 0 Å². The number of likely N-dealkylation sites (tertiary alicyclic amines) is 1. The largest absolute Gasteiger partial charge is 0.379 e. The average Bonchev–Trinajstić information content (AvgIpc) is 2.82. The van der Waals surface area contributed by atoms with Crippen molar-refractivity contribution in [2.24, 2.45) is 5.92 Å². The third-order valence-corrected chi connectivity index (χ3v) is 7.01. The van der Waals surface area contributed by atoms with Crippen molar-refractivity contribution in [2.75, 3.05) is 39.4 Å². The Bertz CT molecular complexity index is 901. The van der Waals surface area contributed by atoms with Crippen LogP contribution in [0.1, 0.15) is 29.5 Å². The molecule has 1 amide bonds. The fraction of sp³-hybridized carbons (Fsp3) is 0.480. The van der Waals surface area contributed by atoms with Gasteiger partial charge in [0.2, 0.25) is 5.91 Å². The lowest BCUT2D eigenvalue weighted by molar-refractivity contribution is -0.126. The first-order chi connectivity index (χ1) is 15.6. The predicted molar refractivity (Wildman–Crippen MR) is 129 cm³/mol. The molecule has 172 valence electrons. The number of nitrogens with one attached hydrogen (secondary N) is 1. The van der Waals surface area contributed by atoms with Crippen LogP contribution in [0.2, 0.25) is 10.0 Å². The lowest BCUT2D eigenvalue weighted by Crippen LogP contribution is -2.42. The number of benzene rings is 2. The second-order valence-corrected chi connectivity index (χ2v) is 9.56. The number of hydrogen-bond acceptors (Lipinski definition) is 4. The first-order valence-corrected chi connectivity index (χ1v) is 12.1. The minimum Gasteiger partial charge on any atom is -0.379 e. The maximum absolute atomic E-state index is 12.8. The normalized spacial score (nSPS) is 20.2. The molecule has 2 saturated heterocycles. The molecule has 2 aliphatic rings. The van der Waals surface area contributed by atoms with E-state index in [9.17, 15) is 4.79 Å². The lowest BCUT2D eigenvalue weighted by Gasteiger charge is -2.32. The summed E-state index contributed by atoms with van der Waals surface area (Å²) in [7, 11) is 0. The van der Waals surface area contributed by atoms with Crippen LogP contribution >= 0.6 is 23.2 Å². The Labute approximate surface area is 200 Å². The van der Waals surface area contributed by atoms with Gasteiger partial charge in [-0.25, -0.2) is 0 Å². The summed E-state index contributed by atoms with van der Waals surface area (Å²) in [6.45, 7) is 7.67. The molecule has 1 atom stereocenters. The molecule has 32 heavy (non-hydrogen) atoms. The topological polar surface area (TPSA) is 44.8 Å². The molecule has 2 heterocycles. The van der Waals surface area contributed by atoms with Gasteiger partial charge in [0, 0.05) is 39.3 Å². The summed E-state index contributed by atoms with van der Waals surface area (Å²) in [6.07, 6.45) is 1.96. The highest BCUT2D eigenvalue weighted by Gasteiger charge is 2.25. The summed E-state index contributed by atoms with van der Waals surface area (Å²) in [6, 6.07) is 14.3. The summed E-state index contributed by atoms with van der Waals surface area (Å²) >= 11 is 12.2. The van der Waals surface area contributed by atoms with Gasteiger partial charge in [0.25, 0.3) is 0 Å². The van der Waals surface area contributed by atoms with E-state index in [2.05, 4.69) is 39.4 Å². The van der Waals surface area contributed by atoms with Gasteiger partial charge in [0.1, 0.15) is 0 Å². The second kappa shape index (κ2) is 11.5. The molecule has 1 N–H and O–H groups in total. The van der Waals surface area contributed by atoms with E-state index in [0.29, 0.717) is 16.6 Å². The van der Waals surface area contributed by atoms with Gasteiger partial charge in [-0.15, -0.1) is 0 Å². The fourth-order valence-corrected chi connectivity index (χ4v) is 4.74. The number of piperidine rings is 1. The van der Waals surface area contributed by atoms with Crippen LogP contribution in [0.15, 0.2) is 42.5 Å². The standard InChI is InChI=1S/C25H31Cl2N3O2/c26-23-8-7-21(14-24(23)27)17-30-9-1-2-22(18-30)25(31)28-15-19-3-5-20(6-4-19)16-29-10-12-32-13-11-29/h3-8,14,22H,1-2,9-13,15-18H2,(H,28,31). The Balaban J connectivity index is 1.23. The maximum atomic E-state index is 12.8. The van der Waals surface area contributed by atoms with Crippen LogP contribution < -0.4 is 5.32 Å². The van der Waals surface area contributed by atoms with Crippen molar-refractivity contribution in [3.8, 4) is 0 Å². The number of halogens is 2. The SMILES string of the molecule is O=C(NCc1ccc(CN2CCOCC2)cc1)C1CCCN(Cc2ccc(Cl)c(Cl)c2)C1. The molecule has 0 radical (unpaired) electrons. The van der Waals surface area contributed by atoms with Crippen LogP contribution in [0.4, 0.5) is 0 Å². The summed E-state index contributed by atoms with van der Waals surface area (Å²) in [5.74, 6) is 0.161.